The first-order valence-electron chi connectivity index (χ1n) is 6.54. The Bertz CT molecular complexity index is 696. The van der Waals surface area contributed by atoms with Gasteiger partial charge in [-0.25, -0.2) is 8.42 Å². The molecule has 2 aromatic rings. The molecule has 0 saturated heterocycles. The molecular weight excluding hydrogens is 306 g/mol. The van der Waals surface area contributed by atoms with E-state index in [9.17, 15) is 8.42 Å². The van der Waals surface area contributed by atoms with Gasteiger partial charge in [-0.15, -0.1) is 11.3 Å². The molecule has 0 fully saturated rings. The first-order chi connectivity index (χ1) is 9.96. The Morgan fingerprint density at radius 3 is 2.76 bits per heavy atom. The predicted octanol–water partition coefficient (Wildman–Crippen LogP) is 1.99. The standard InChI is InChI=1S/C14H19N3O2S2/c1-11-10-20-13(8-15-2)14(11)21(18,19)17(3)9-12-6-4-5-7-16-12/h4-7,10,15H,8-9H2,1-3H3. The van der Waals surface area contributed by atoms with E-state index < -0.39 is 10.0 Å². The Kier molecular flexibility index (Phi) is 5.10. The number of hydrogen-bond donors (Lipinski definition) is 1. The van der Waals surface area contributed by atoms with Crippen LogP contribution in [-0.4, -0.2) is 31.8 Å². The lowest BCUT2D eigenvalue weighted by molar-refractivity contribution is 0.461. The van der Waals surface area contributed by atoms with E-state index in [0.29, 0.717) is 11.4 Å². The van der Waals surface area contributed by atoms with Crippen molar-refractivity contribution in [3.05, 3.63) is 45.9 Å². The minimum Gasteiger partial charge on any atom is -0.315 e. The topological polar surface area (TPSA) is 62.3 Å². The maximum Gasteiger partial charge on any atom is 0.244 e. The highest BCUT2D eigenvalue weighted by Gasteiger charge is 2.27. The smallest absolute Gasteiger partial charge is 0.244 e. The Labute approximate surface area is 129 Å². The Morgan fingerprint density at radius 2 is 2.14 bits per heavy atom. The van der Waals surface area contributed by atoms with Gasteiger partial charge in [0.25, 0.3) is 0 Å². The second-order valence-corrected chi connectivity index (χ2v) is 7.73. The second-order valence-electron chi connectivity index (χ2n) is 4.78. The van der Waals surface area contributed by atoms with E-state index in [4.69, 9.17) is 0 Å². The first-order valence-corrected chi connectivity index (χ1v) is 8.86. The third kappa shape index (κ3) is 3.49. The molecule has 0 unspecified atom stereocenters. The molecule has 0 atom stereocenters. The molecule has 114 valence electrons. The van der Waals surface area contributed by atoms with Crippen molar-refractivity contribution in [3.8, 4) is 0 Å². The lowest BCUT2D eigenvalue weighted by Gasteiger charge is -2.18. The SMILES string of the molecule is CNCc1scc(C)c1S(=O)(=O)N(C)Cc1ccccn1. The van der Waals surface area contributed by atoms with E-state index in [1.165, 1.54) is 15.6 Å². The molecule has 2 heterocycles. The second kappa shape index (κ2) is 6.65. The number of aryl methyl sites for hydroxylation is 1. The molecule has 2 rings (SSSR count). The number of thiophene rings is 1. The van der Waals surface area contributed by atoms with Crippen molar-refractivity contribution in [2.75, 3.05) is 14.1 Å². The third-order valence-electron chi connectivity index (χ3n) is 3.11. The monoisotopic (exact) mass is 325 g/mol. The lowest BCUT2D eigenvalue weighted by Crippen LogP contribution is -2.28. The number of sulfonamides is 1. The van der Waals surface area contributed by atoms with E-state index >= 15 is 0 Å². The highest BCUT2D eigenvalue weighted by Crippen LogP contribution is 2.29. The predicted molar refractivity (Wildman–Crippen MR) is 84.7 cm³/mol. The first kappa shape index (κ1) is 16.1. The minimum absolute atomic E-state index is 0.261. The van der Waals surface area contributed by atoms with E-state index in [1.807, 2.05) is 37.6 Å². The highest BCUT2D eigenvalue weighted by atomic mass is 32.2. The van der Waals surface area contributed by atoms with Gasteiger partial charge in [0, 0.05) is 24.7 Å². The highest BCUT2D eigenvalue weighted by molar-refractivity contribution is 7.89. The molecule has 7 heteroatoms. The van der Waals surface area contributed by atoms with Crippen molar-refractivity contribution in [2.45, 2.75) is 24.9 Å². The summed E-state index contributed by atoms with van der Waals surface area (Å²) in [5.41, 5.74) is 1.52. The molecular formula is C14H19N3O2S2. The quantitative estimate of drug-likeness (QED) is 0.882. The zero-order valence-corrected chi connectivity index (χ0v) is 14.0. The molecule has 0 aromatic carbocycles. The van der Waals surface area contributed by atoms with Crippen LogP contribution in [0.3, 0.4) is 0 Å². The number of rotatable bonds is 6. The zero-order chi connectivity index (χ0) is 15.5. The van der Waals surface area contributed by atoms with Crippen molar-refractivity contribution in [3.63, 3.8) is 0 Å². The maximum atomic E-state index is 12.8. The van der Waals surface area contributed by atoms with Crippen molar-refractivity contribution < 1.29 is 8.42 Å². The van der Waals surface area contributed by atoms with Gasteiger partial charge in [-0.05, 0) is 37.0 Å². The van der Waals surface area contributed by atoms with E-state index in [2.05, 4.69) is 10.3 Å². The van der Waals surface area contributed by atoms with Crippen LogP contribution < -0.4 is 5.32 Å². The molecule has 0 aliphatic rings. The van der Waals surface area contributed by atoms with Crippen LogP contribution in [0.1, 0.15) is 16.1 Å². The maximum absolute atomic E-state index is 12.8. The Hall–Kier alpha value is -1.28. The van der Waals surface area contributed by atoms with Crippen molar-refractivity contribution in [1.29, 1.82) is 0 Å². The fourth-order valence-electron chi connectivity index (χ4n) is 2.08. The van der Waals surface area contributed by atoms with E-state index in [1.54, 1.807) is 13.2 Å². The van der Waals surface area contributed by atoms with Gasteiger partial charge >= 0.3 is 0 Å². The summed E-state index contributed by atoms with van der Waals surface area (Å²) in [6.45, 7) is 2.64. The largest absolute Gasteiger partial charge is 0.315 e. The molecule has 0 aliphatic carbocycles. The summed E-state index contributed by atoms with van der Waals surface area (Å²) in [7, 11) is -0.117. The van der Waals surface area contributed by atoms with Crippen molar-refractivity contribution in [1.82, 2.24) is 14.6 Å². The Morgan fingerprint density at radius 1 is 1.38 bits per heavy atom. The summed E-state index contributed by atoms with van der Waals surface area (Å²) in [4.78, 5) is 5.43. The molecule has 0 amide bonds. The molecule has 0 radical (unpaired) electrons. The number of nitrogens with one attached hydrogen (secondary N) is 1. The van der Waals surface area contributed by atoms with Crippen LogP contribution in [0, 0.1) is 6.92 Å². The van der Waals surface area contributed by atoms with Gasteiger partial charge in [0.2, 0.25) is 10.0 Å². The van der Waals surface area contributed by atoms with Gasteiger partial charge in [0.1, 0.15) is 4.90 Å². The number of hydrogen-bond acceptors (Lipinski definition) is 5. The van der Waals surface area contributed by atoms with Crippen LogP contribution in [0.15, 0.2) is 34.7 Å². The summed E-state index contributed by atoms with van der Waals surface area (Å²) in [6.07, 6.45) is 1.66. The van der Waals surface area contributed by atoms with Crippen LogP contribution in [0.2, 0.25) is 0 Å². The molecule has 5 nitrogen and oxygen atoms in total. The molecule has 0 aliphatic heterocycles. The van der Waals surface area contributed by atoms with E-state index in [-0.39, 0.29) is 6.54 Å². The molecule has 2 aromatic heterocycles. The minimum atomic E-state index is -3.51. The van der Waals surface area contributed by atoms with Crippen molar-refractivity contribution >= 4 is 21.4 Å². The fraction of sp³-hybridized carbons (Fsp3) is 0.357. The summed E-state index contributed by atoms with van der Waals surface area (Å²) < 4.78 is 26.9. The van der Waals surface area contributed by atoms with Gasteiger partial charge in [0.05, 0.1) is 12.2 Å². The van der Waals surface area contributed by atoms with E-state index in [0.717, 1.165) is 16.1 Å². The number of aromatic nitrogens is 1. The van der Waals surface area contributed by atoms with Crippen LogP contribution in [0.4, 0.5) is 0 Å². The third-order valence-corrected chi connectivity index (χ3v) is 6.37. The number of nitrogens with zero attached hydrogens (tertiary/aromatic N) is 2. The molecule has 21 heavy (non-hydrogen) atoms. The van der Waals surface area contributed by atoms with Crippen LogP contribution in [0.25, 0.3) is 0 Å². The molecule has 1 N–H and O–H groups in total. The van der Waals surface area contributed by atoms with Gasteiger partial charge in [-0.3, -0.25) is 4.98 Å². The average molecular weight is 325 g/mol. The van der Waals surface area contributed by atoms with Gasteiger partial charge in [-0.1, -0.05) is 6.07 Å². The van der Waals surface area contributed by atoms with Crippen LogP contribution >= 0.6 is 11.3 Å². The van der Waals surface area contributed by atoms with Gasteiger partial charge < -0.3 is 5.32 Å². The summed E-state index contributed by atoms with van der Waals surface area (Å²) >= 11 is 1.47. The lowest BCUT2D eigenvalue weighted by atomic mass is 10.3. The van der Waals surface area contributed by atoms with Crippen molar-refractivity contribution in [2.24, 2.45) is 0 Å². The average Bonchev–Trinajstić information content (AvgIpc) is 2.82. The molecule has 0 saturated carbocycles. The Balaban J connectivity index is 2.31. The molecule has 0 bridgehead atoms. The summed E-state index contributed by atoms with van der Waals surface area (Å²) in [5, 5.41) is 4.90. The van der Waals surface area contributed by atoms with Gasteiger partial charge in [-0.2, -0.15) is 4.31 Å². The normalized spacial score (nSPS) is 12.0. The zero-order valence-electron chi connectivity index (χ0n) is 12.3. The summed E-state index contributed by atoms with van der Waals surface area (Å²) in [6, 6.07) is 5.48. The van der Waals surface area contributed by atoms with Crippen LogP contribution in [-0.2, 0) is 23.1 Å². The number of pyridine rings is 1. The van der Waals surface area contributed by atoms with Crippen LogP contribution in [0.5, 0.6) is 0 Å². The molecule has 0 spiro atoms. The summed E-state index contributed by atoms with van der Waals surface area (Å²) in [5.74, 6) is 0. The fourth-order valence-corrected chi connectivity index (χ4v) is 4.98. The van der Waals surface area contributed by atoms with Gasteiger partial charge in [0.15, 0.2) is 0 Å².